The fraction of sp³-hybridized carbons (Fsp3) is 0.143. The Balaban J connectivity index is 2.33. The highest BCUT2D eigenvalue weighted by Crippen LogP contribution is 2.21. The Hall–Kier alpha value is -1.92. The van der Waals surface area contributed by atoms with E-state index in [1.807, 2.05) is 0 Å². The van der Waals surface area contributed by atoms with E-state index in [0.717, 1.165) is 0 Å². The molecule has 21 heavy (non-hydrogen) atoms. The van der Waals surface area contributed by atoms with E-state index in [1.54, 1.807) is 6.92 Å². The van der Waals surface area contributed by atoms with Gasteiger partial charge in [-0.05, 0) is 43.3 Å². The fourth-order valence-electron chi connectivity index (χ4n) is 1.61. The molecule has 0 saturated heterocycles. The number of carbonyl (C=O) groups excluding carboxylic acids is 1. The predicted molar refractivity (Wildman–Crippen MR) is 77.1 cm³/mol. The monoisotopic (exact) mass is 325 g/mol. The summed E-state index contributed by atoms with van der Waals surface area (Å²) in [4.78, 5) is 15.4. The van der Waals surface area contributed by atoms with E-state index in [1.165, 1.54) is 42.6 Å². The van der Waals surface area contributed by atoms with Crippen LogP contribution in [0.4, 0.5) is 0 Å². The van der Waals surface area contributed by atoms with E-state index in [2.05, 4.69) is 4.98 Å². The lowest BCUT2D eigenvalue weighted by molar-refractivity contribution is 0.0525. The fourth-order valence-corrected chi connectivity index (χ4v) is 2.91. The highest BCUT2D eigenvalue weighted by atomic mass is 35.5. The lowest BCUT2D eigenvalue weighted by Gasteiger charge is -2.05. The predicted octanol–water partition coefficient (Wildman–Crippen LogP) is 2.74. The van der Waals surface area contributed by atoms with E-state index in [9.17, 15) is 13.2 Å². The molecule has 0 unspecified atom stereocenters. The van der Waals surface area contributed by atoms with Crippen molar-refractivity contribution < 1.29 is 17.9 Å². The highest BCUT2D eigenvalue weighted by molar-refractivity contribution is 7.91. The molecule has 1 aromatic heterocycles. The Bertz CT molecular complexity index is 740. The minimum absolute atomic E-state index is 0.0864. The van der Waals surface area contributed by atoms with E-state index >= 15 is 0 Å². The minimum Gasteiger partial charge on any atom is -0.462 e. The maximum Gasteiger partial charge on any atom is 0.339 e. The Morgan fingerprint density at radius 2 is 1.86 bits per heavy atom. The van der Waals surface area contributed by atoms with Gasteiger partial charge in [0, 0.05) is 11.2 Å². The number of ether oxygens (including phenoxy) is 1. The van der Waals surface area contributed by atoms with Crippen LogP contribution in [-0.2, 0) is 14.6 Å². The molecule has 0 amide bonds. The van der Waals surface area contributed by atoms with Crippen molar-refractivity contribution in [3.8, 4) is 0 Å². The zero-order valence-corrected chi connectivity index (χ0v) is 12.7. The third-order valence-corrected chi connectivity index (χ3v) is 4.58. The number of esters is 1. The molecule has 1 aromatic carbocycles. The molecule has 0 saturated carbocycles. The lowest BCUT2D eigenvalue weighted by Crippen LogP contribution is -2.08. The minimum atomic E-state index is -3.73. The number of nitrogens with zero attached hydrogens (tertiary/aromatic N) is 1. The molecule has 5 nitrogen and oxygen atoms in total. The van der Waals surface area contributed by atoms with Gasteiger partial charge in [-0.2, -0.15) is 0 Å². The summed E-state index contributed by atoms with van der Waals surface area (Å²) in [6.45, 7) is 1.92. The normalized spacial score (nSPS) is 11.1. The quantitative estimate of drug-likeness (QED) is 0.808. The van der Waals surface area contributed by atoms with Gasteiger partial charge in [0.2, 0.25) is 9.84 Å². The van der Waals surface area contributed by atoms with Crippen molar-refractivity contribution in [1.29, 1.82) is 0 Å². The maximum absolute atomic E-state index is 12.3. The Labute approximate surface area is 127 Å². The summed E-state index contributed by atoms with van der Waals surface area (Å²) in [6, 6.07) is 8.42. The third kappa shape index (κ3) is 3.40. The van der Waals surface area contributed by atoms with Crippen LogP contribution >= 0.6 is 11.6 Å². The van der Waals surface area contributed by atoms with Gasteiger partial charge < -0.3 is 4.74 Å². The van der Waals surface area contributed by atoms with Crippen LogP contribution in [0.2, 0.25) is 5.02 Å². The van der Waals surface area contributed by atoms with Crippen LogP contribution in [0.15, 0.2) is 52.5 Å². The van der Waals surface area contributed by atoms with Gasteiger partial charge in [-0.3, -0.25) is 0 Å². The van der Waals surface area contributed by atoms with Crippen molar-refractivity contribution in [2.75, 3.05) is 6.61 Å². The van der Waals surface area contributed by atoms with Crippen LogP contribution in [0.5, 0.6) is 0 Å². The van der Waals surface area contributed by atoms with Crippen molar-refractivity contribution in [3.05, 3.63) is 53.2 Å². The van der Waals surface area contributed by atoms with Crippen molar-refractivity contribution in [3.63, 3.8) is 0 Å². The Kier molecular flexibility index (Phi) is 4.59. The number of aromatic nitrogens is 1. The topological polar surface area (TPSA) is 73.3 Å². The first-order valence-electron chi connectivity index (χ1n) is 6.09. The smallest absolute Gasteiger partial charge is 0.339 e. The molecule has 0 radical (unpaired) electrons. The molecule has 110 valence electrons. The van der Waals surface area contributed by atoms with Crippen LogP contribution in [-0.4, -0.2) is 26.0 Å². The average Bonchev–Trinajstić information content (AvgIpc) is 2.48. The summed E-state index contributed by atoms with van der Waals surface area (Å²) in [5, 5.41) is 0.303. The number of hydrogen-bond acceptors (Lipinski definition) is 5. The van der Waals surface area contributed by atoms with Crippen LogP contribution in [0.1, 0.15) is 17.3 Å². The van der Waals surface area contributed by atoms with E-state index < -0.39 is 15.8 Å². The van der Waals surface area contributed by atoms with Gasteiger partial charge in [0.25, 0.3) is 0 Å². The second-order valence-electron chi connectivity index (χ2n) is 4.06. The van der Waals surface area contributed by atoms with Gasteiger partial charge in [0.05, 0.1) is 17.1 Å². The highest BCUT2D eigenvalue weighted by Gasteiger charge is 2.19. The maximum atomic E-state index is 12.3. The number of rotatable bonds is 4. The van der Waals surface area contributed by atoms with E-state index in [4.69, 9.17) is 16.3 Å². The van der Waals surface area contributed by atoms with Crippen LogP contribution in [0.3, 0.4) is 0 Å². The number of carbonyl (C=O) groups is 1. The lowest BCUT2D eigenvalue weighted by atomic mass is 10.3. The molecule has 2 rings (SSSR count). The summed E-state index contributed by atoms with van der Waals surface area (Å²) in [6.07, 6.45) is 1.18. The number of sulfone groups is 1. The van der Waals surface area contributed by atoms with Gasteiger partial charge >= 0.3 is 5.97 Å². The molecule has 7 heteroatoms. The van der Waals surface area contributed by atoms with Crippen LogP contribution in [0, 0.1) is 0 Å². The number of hydrogen-bond donors (Lipinski definition) is 0. The molecule has 0 aliphatic heterocycles. The Morgan fingerprint density at radius 1 is 1.19 bits per heavy atom. The summed E-state index contributed by atoms with van der Waals surface area (Å²) in [7, 11) is -3.73. The summed E-state index contributed by atoms with van der Waals surface area (Å²) in [5.41, 5.74) is 0.201. The number of halogens is 1. The standard InChI is InChI=1S/C14H12ClNO4S/c1-2-20-14(17)10-3-8-13(16-9-10)21(18,19)12-6-4-11(15)5-7-12/h3-9H,2H2,1H3. The molecule has 1 heterocycles. The van der Waals surface area contributed by atoms with Crippen molar-refractivity contribution in [1.82, 2.24) is 4.98 Å². The molecule has 0 bridgehead atoms. The first kappa shape index (κ1) is 15.5. The zero-order chi connectivity index (χ0) is 15.5. The Morgan fingerprint density at radius 3 is 2.38 bits per heavy atom. The molecule has 0 fully saturated rings. The average molecular weight is 326 g/mol. The zero-order valence-electron chi connectivity index (χ0n) is 11.1. The first-order valence-corrected chi connectivity index (χ1v) is 7.95. The van der Waals surface area contributed by atoms with Crippen molar-refractivity contribution in [2.24, 2.45) is 0 Å². The molecule has 0 N–H and O–H groups in total. The third-order valence-electron chi connectivity index (χ3n) is 2.65. The summed E-state index contributed by atoms with van der Waals surface area (Å²) >= 11 is 5.73. The van der Waals surface area contributed by atoms with Crippen molar-refractivity contribution in [2.45, 2.75) is 16.8 Å². The second-order valence-corrected chi connectivity index (χ2v) is 6.40. The molecule has 0 spiro atoms. The van der Waals surface area contributed by atoms with Gasteiger partial charge in [-0.15, -0.1) is 0 Å². The van der Waals surface area contributed by atoms with Crippen LogP contribution in [0.25, 0.3) is 0 Å². The molecule has 0 atom stereocenters. The number of pyridine rings is 1. The summed E-state index contributed by atoms with van der Waals surface area (Å²) < 4.78 is 29.5. The van der Waals surface area contributed by atoms with Crippen molar-refractivity contribution >= 4 is 27.4 Å². The van der Waals surface area contributed by atoms with E-state index in [-0.39, 0.29) is 22.1 Å². The molecule has 2 aromatic rings. The summed E-state index contributed by atoms with van der Waals surface area (Å²) in [5.74, 6) is -0.541. The van der Waals surface area contributed by atoms with Crippen LogP contribution < -0.4 is 0 Å². The molecular weight excluding hydrogens is 314 g/mol. The first-order chi connectivity index (χ1) is 9.95. The van der Waals surface area contributed by atoms with Gasteiger partial charge in [-0.25, -0.2) is 18.2 Å². The van der Waals surface area contributed by atoms with Gasteiger partial charge in [-0.1, -0.05) is 11.6 Å². The molecular formula is C14H12ClNO4S. The van der Waals surface area contributed by atoms with E-state index in [0.29, 0.717) is 5.02 Å². The second kappa shape index (κ2) is 6.24. The molecule has 0 aliphatic rings. The van der Waals surface area contributed by atoms with Gasteiger partial charge in [0.15, 0.2) is 5.03 Å². The number of benzene rings is 1. The largest absolute Gasteiger partial charge is 0.462 e. The SMILES string of the molecule is CCOC(=O)c1ccc(S(=O)(=O)c2ccc(Cl)cc2)nc1. The molecule has 0 aliphatic carbocycles. The van der Waals surface area contributed by atoms with Gasteiger partial charge in [0.1, 0.15) is 0 Å².